The molecular weight excluding hydrogens is 322 g/mol. The summed E-state index contributed by atoms with van der Waals surface area (Å²) in [5.74, 6) is 0.488. The van der Waals surface area contributed by atoms with Crippen LogP contribution in [0.2, 0.25) is 0 Å². The summed E-state index contributed by atoms with van der Waals surface area (Å²) in [6.07, 6.45) is 4.14. The van der Waals surface area contributed by atoms with Crippen molar-refractivity contribution in [2.45, 2.75) is 19.8 Å². The maximum Gasteiger partial charge on any atom is 0.336 e. The van der Waals surface area contributed by atoms with Crippen LogP contribution in [0.4, 0.5) is 5.69 Å². The predicted octanol–water partition coefficient (Wildman–Crippen LogP) is 2.41. The van der Waals surface area contributed by atoms with E-state index in [2.05, 4.69) is 10.4 Å². The highest BCUT2D eigenvalue weighted by molar-refractivity contribution is 5.90. The number of aryl methyl sites for hydroxylation is 3. The van der Waals surface area contributed by atoms with Crippen molar-refractivity contribution in [1.82, 2.24) is 9.78 Å². The average Bonchev–Trinajstić information content (AvgIpc) is 2.97. The first-order valence-corrected chi connectivity index (χ1v) is 7.86. The number of hydrogen-bond donors (Lipinski definition) is 1. The summed E-state index contributed by atoms with van der Waals surface area (Å²) in [6.45, 7) is 1.85. The van der Waals surface area contributed by atoms with E-state index >= 15 is 0 Å². The zero-order valence-electron chi connectivity index (χ0n) is 14.3. The lowest BCUT2D eigenvalue weighted by Crippen LogP contribution is -2.12. The molecule has 3 rings (SSSR count). The molecule has 0 saturated carbocycles. The maximum absolute atomic E-state index is 12.1. The van der Waals surface area contributed by atoms with Gasteiger partial charge < -0.3 is 14.5 Å². The Morgan fingerprint density at radius 3 is 2.84 bits per heavy atom. The van der Waals surface area contributed by atoms with Gasteiger partial charge >= 0.3 is 5.63 Å². The number of amides is 1. The fourth-order valence-electron chi connectivity index (χ4n) is 2.73. The van der Waals surface area contributed by atoms with Crippen LogP contribution in [0, 0.1) is 6.92 Å². The van der Waals surface area contributed by atoms with Crippen LogP contribution in [-0.2, 0) is 18.3 Å². The number of methoxy groups -OCH3 is 1. The predicted molar refractivity (Wildman–Crippen MR) is 93.9 cm³/mol. The molecule has 1 aromatic carbocycles. The quantitative estimate of drug-likeness (QED) is 0.720. The molecule has 0 unspecified atom stereocenters. The number of fused-ring (bicyclic) bond motifs is 1. The molecule has 0 spiro atoms. The molecule has 0 saturated heterocycles. The molecule has 130 valence electrons. The van der Waals surface area contributed by atoms with Crippen LogP contribution >= 0.6 is 0 Å². The lowest BCUT2D eigenvalue weighted by atomic mass is 10.0. The van der Waals surface area contributed by atoms with Gasteiger partial charge in [-0.2, -0.15) is 5.10 Å². The van der Waals surface area contributed by atoms with E-state index in [0.29, 0.717) is 29.9 Å². The molecule has 2 heterocycles. The van der Waals surface area contributed by atoms with Crippen molar-refractivity contribution in [2.75, 3.05) is 12.4 Å². The van der Waals surface area contributed by atoms with E-state index in [1.54, 1.807) is 37.3 Å². The molecular formula is C18H19N3O4. The molecule has 0 bridgehead atoms. The Morgan fingerprint density at radius 2 is 2.16 bits per heavy atom. The Labute approximate surface area is 144 Å². The summed E-state index contributed by atoms with van der Waals surface area (Å²) < 4.78 is 12.2. The topological polar surface area (TPSA) is 86.4 Å². The molecule has 1 amide bonds. The average molecular weight is 341 g/mol. The van der Waals surface area contributed by atoms with E-state index in [9.17, 15) is 9.59 Å². The summed E-state index contributed by atoms with van der Waals surface area (Å²) in [7, 11) is 3.34. The molecule has 0 fully saturated rings. The van der Waals surface area contributed by atoms with E-state index in [4.69, 9.17) is 9.15 Å². The van der Waals surface area contributed by atoms with E-state index < -0.39 is 5.63 Å². The van der Waals surface area contributed by atoms with E-state index in [1.165, 1.54) is 6.07 Å². The number of hydrogen-bond acceptors (Lipinski definition) is 5. The summed E-state index contributed by atoms with van der Waals surface area (Å²) in [6, 6.07) is 5.05. The zero-order valence-corrected chi connectivity index (χ0v) is 14.3. The van der Waals surface area contributed by atoms with Gasteiger partial charge in [-0.05, 0) is 30.5 Å². The van der Waals surface area contributed by atoms with Gasteiger partial charge in [0.25, 0.3) is 0 Å². The molecule has 1 N–H and O–H groups in total. The molecule has 0 aliphatic heterocycles. The molecule has 25 heavy (non-hydrogen) atoms. The smallest absolute Gasteiger partial charge is 0.336 e. The Kier molecular flexibility index (Phi) is 4.56. The van der Waals surface area contributed by atoms with Crippen molar-refractivity contribution in [3.8, 4) is 5.75 Å². The van der Waals surface area contributed by atoms with Crippen LogP contribution in [0.3, 0.4) is 0 Å². The van der Waals surface area contributed by atoms with Gasteiger partial charge in [0.1, 0.15) is 11.3 Å². The number of aromatic nitrogens is 2. The van der Waals surface area contributed by atoms with Crippen LogP contribution in [0.15, 0.2) is 39.8 Å². The molecule has 0 aliphatic carbocycles. The molecule has 7 heteroatoms. The summed E-state index contributed by atoms with van der Waals surface area (Å²) >= 11 is 0. The van der Waals surface area contributed by atoms with E-state index in [1.807, 2.05) is 13.0 Å². The second-order valence-electron chi connectivity index (χ2n) is 5.86. The highest BCUT2D eigenvalue weighted by Crippen LogP contribution is 2.28. The minimum absolute atomic E-state index is 0.105. The monoisotopic (exact) mass is 341 g/mol. The third kappa shape index (κ3) is 3.71. The van der Waals surface area contributed by atoms with Crippen molar-refractivity contribution in [2.24, 2.45) is 7.05 Å². The zero-order chi connectivity index (χ0) is 18.0. The van der Waals surface area contributed by atoms with Gasteiger partial charge in [0.2, 0.25) is 5.91 Å². The maximum atomic E-state index is 12.1. The van der Waals surface area contributed by atoms with Gasteiger partial charge in [-0.1, -0.05) is 0 Å². The Balaban J connectivity index is 1.80. The van der Waals surface area contributed by atoms with Crippen molar-refractivity contribution in [3.63, 3.8) is 0 Å². The highest BCUT2D eigenvalue weighted by Gasteiger charge is 2.12. The summed E-state index contributed by atoms with van der Waals surface area (Å²) in [5, 5.41) is 7.65. The molecule has 2 aromatic heterocycles. The Morgan fingerprint density at radius 1 is 1.36 bits per heavy atom. The lowest BCUT2D eigenvalue weighted by molar-refractivity contribution is -0.116. The fourth-order valence-corrected chi connectivity index (χ4v) is 2.73. The SMILES string of the molecule is COc1cc2oc(=O)cc(C)c2cc1CCC(=O)Nc1cnn(C)c1. The number of ether oxygens (including phenoxy) is 1. The number of anilines is 1. The van der Waals surface area contributed by atoms with Gasteiger partial charge in [0.15, 0.2) is 0 Å². The lowest BCUT2D eigenvalue weighted by Gasteiger charge is -2.11. The van der Waals surface area contributed by atoms with Gasteiger partial charge in [-0.15, -0.1) is 0 Å². The number of carbonyl (C=O) groups is 1. The van der Waals surface area contributed by atoms with Crippen molar-refractivity contribution in [3.05, 3.63) is 52.1 Å². The molecule has 0 atom stereocenters. The van der Waals surface area contributed by atoms with Crippen molar-refractivity contribution >= 4 is 22.6 Å². The van der Waals surface area contributed by atoms with Crippen LogP contribution in [0.25, 0.3) is 11.0 Å². The van der Waals surface area contributed by atoms with Crippen molar-refractivity contribution < 1.29 is 13.9 Å². The van der Waals surface area contributed by atoms with E-state index in [-0.39, 0.29) is 5.91 Å². The molecule has 0 aliphatic rings. The number of nitrogens with zero attached hydrogens (tertiary/aromatic N) is 2. The van der Waals surface area contributed by atoms with Crippen LogP contribution in [0.1, 0.15) is 17.5 Å². The van der Waals surface area contributed by atoms with Crippen molar-refractivity contribution in [1.29, 1.82) is 0 Å². The van der Waals surface area contributed by atoms with Crippen LogP contribution in [-0.4, -0.2) is 22.8 Å². The minimum Gasteiger partial charge on any atom is -0.496 e. The molecule has 0 radical (unpaired) electrons. The van der Waals surface area contributed by atoms with Gasteiger partial charge in [-0.3, -0.25) is 9.48 Å². The standard InChI is InChI=1S/C18H19N3O4/c1-11-6-18(23)25-16-8-15(24-3)12(7-14(11)16)4-5-17(22)20-13-9-19-21(2)10-13/h6-10H,4-5H2,1-3H3,(H,20,22). The van der Waals surface area contributed by atoms with Crippen LogP contribution < -0.4 is 15.7 Å². The third-order valence-corrected chi connectivity index (χ3v) is 3.96. The molecule has 7 nitrogen and oxygen atoms in total. The van der Waals surface area contributed by atoms with Gasteiger partial charge in [0, 0.05) is 37.2 Å². The molecule has 3 aromatic rings. The minimum atomic E-state index is -0.393. The normalized spacial score (nSPS) is 10.8. The van der Waals surface area contributed by atoms with Gasteiger partial charge in [0.05, 0.1) is 19.0 Å². The summed E-state index contributed by atoms with van der Waals surface area (Å²) in [5.41, 5.74) is 2.46. The van der Waals surface area contributed by atoms with Crippen LogP contribution in [0.5, 0.6) is 5.75 Å². The number of benzene rings is 1. The number of rotatable bonds is 5. The summed E-state index contributed by atoms with van der Waals surface area (Å²) in [4.78, 5) is 23.6. The van der Waals surface area contributed by atoms with E-state index in [0.717, 1.165) is 16.5 Å². The second-order valence-corrected chi connectivity index (χ2v) is 5.86. The number of carbonyl (C=O) groups excluding carboxylic acids is 1. The first-order chi connectivity index (χ1) is 12.0. The Hall–Kier alpha value is -3.09. The second kappa shape index (κ2) is 6.80. The largest absolute Gasteiger partial charge is 0.496 e. The third-order valence-electron chi connectivity index (χ3n) is 3.96. The fraction of sp³-hybridized carbons (Fsp3) is 0.278. The first kappa shape index (κ1) is 16.8. The number of nitrogens with one attached hydrogen (secondary N) is 1. The van der Waals surface area contributed by atoms with Gasteiger partial charge in [-0.25, -0.2) is 4.79 Å². The Bertz CT molecular complexity index is 988. The first-order valence-electron chi connectivity index (χ1n) is 7.86. The highest BCUT2D eigenvalue weighted by atomic mass is 16.5.